The number of aryl methyl sites for hydroxylation is 1. The van der Waals surface area contributed by atoms with E-state index in [4.69, 9.17) is 10.5 Å². The summed E-state index contributed by atoms with van der Waals surface area (Å²) in [7, 11) is -4.08. The van der Waals surface area contributed by atoms with Crippen molar-refractivity contribution in [3.05, 3.63) is 71.3 Å². The number of fused-ring (bicyclic) bond motifs is 2. The van der Waals surface area contributed by atoms with Crippen LogP contribution in [0.5, 0.6) is 5.75 Å². The summed E-state index contributed by atoms with van der Waals surface area (Å²) in [6.07, 6.45) is 2.60. The molecule has 47 heavy (non-hydrogen) atoms. The van der Waals surface area contributed by atoms with Crippen molar-refractivity contribution in [2.24, 2.45) is 5.73 Å². The van der Waals surface area contributed by atoms with Gasteiger partial charge in [-0.2, -0.15) is 17.5 Å². The molecule has 3 aromatic rings. The van der Waals surface area contributed by atoms with Crippen LogP contribution in [0.15, 0.2) is 59.5 Å². The molecule has 0 unspecified atom stereocenters. The third-order valence-corrected chi connectivity index (χ3v) is 12.4. The molecule has 12 heteroatoms. The number of hydrogen-bond donors (Lipinski definition) is 1. The Balaban J connectivity index is 1.16. The maximum atomic E-state index is 14.3. The summed E-state index contributed by atoms with van der Waals surface area (Å²) >= 11 is 0. The van der Waals surface area contributed by atoms with Crippen molar-refractivity contribution >= 4 is 26.7 Å². The third-order valence-electron chi connectivity index (χ3n) is 10.5. The molecule has 3 fully saturated rings. The van der Waals surface area contributed by atoms with E-state index in [2.05, 4.69) is 4.90 Å². The zero-order valence-corrected chi connectivity index (χ0v) is 27.1. The summed E-state index contributed by atoms with van der Waals surface area (Å²) in [5.41, 5.74) is 6.90. The molecule has 2 aliphatic heterocycles. The fraction of sp³-hybridized carbons (Fsp3) is 0.514. The third kappa shape index (κ3) is 6.49. The maximum Gasteiger partial charge on any atom is 0.416 e. The molecule has 2 aliphatic carbocycles. The number of carbonyl (C=O) groups excluding carboxylic acids is 1. The first-order valence-corrected chi connectivity index (χ1v) is 18.1. The summed E-state index contributed by atoms with van der Waals surface area (Å²) in [6.45, 7) is 1.51. The Morgan fingerprint density at radius 1 is 0.851 bits per heavy atom. The highest BCUT2D eigenvalue weighted by molar-refractivity contribution is 7.89. The first-order chi connectivity index (χ1) is 22.5. The quantitative estimate of drug-likeness (QED) is 0.373. The Morgan fingerprint density at radius 2 is 1.57 bits per heavy atom. The fourth-order valence-electron chi connectivity index (χ4n) is 7.81. The van der Waals surface area contributed by atoms with E-state index in [0.29, 0.717) is 50.9 Å². The van der Waals surface area contributed by atoms with Gasteiger partial charge < -0.3 is 15.4 Å². The Kier molecular flexibility index (Phi) is 8.73. The lowest BCUT2D eigenvalue weighted by molar-refractivity contribution is -0.139. The van der Waals surface area contributed by atoms with Crippen LogP contribution in [0.2, 0.25) is 0 Å². The van der Waals surface area contributed by atoms with Gasteiger partial charge in [-0.1, -0.05) is 18.2 Å². The number of halogens is 3. The summed E-state index contributed by atoms with van der Waals surface area (Å²) in [6, 6.07) is 13.4. The second kappa shape index (κ2) is 12.7. The van der Waals surface area contributed by atoms with Gasteiger partial charge in [-0.3, -0.25) is 9.69 Å². The number of ether oxygens (including phenoxy) is 1. The van der Waals surface area contributed by atoms with Gasteiger partial charge in [-0.25, -0.2) is 8.42 Å². The molecule has 2 atom stereocenters. The number of carbonyl (C=O) groups is 1. The smallest absolute Gasteiger partial charge is 0.416 e. The van der Waals surface area contributed by atoms with Crippen molar-refractivity contribution in [1.29, 1.82) is 0 Å². The molecule has 3 aromatic carbocycles. The molecular weight excluding hydrogens is 629 g/mol. The van der Waals surface area contributed by atoms with Crippen molar-refractivity contribution in [1.82, 2.24) is 14.1 Å². The van der Waals surface area contributed by atoms with Crippen LogP contribution in [0, 0.1) is 0 Å². The van der Waals surface area contributed by atoms with Crippen LogP contribution in [-0.4, -0.2) is 79.3 Å². The number of rotatable bonds is 6. The molecule has 0 bridgehead atoms. The van der Waals surface area contributed by atoms with Crippen LogP contribution < -0.4 is 10.5 Å². The summed E-state index contributed by atoms with van der Waals surface area (Å²) in [4.78, 5) is 18.0. The highest BCUT2D eigenvalue weighted by Crippen LogP contribution is 2.41. The molecule has 2 heterocycles. The molecule has 252 valence electrons. The highest BCUT2D eigenvalue weighted by atomic mass is 32.2. The lowest BCUT2D eigenvalue weighted by Crippen LogP contribution is -2.62. The van der Waals surface area contributed by atoms with E-state index in [1.54, 1.807) is 29.2 Å². The average molecular weight is 671 g/mol. The van der Waals surface area contributed by atoms with Gasteiger partial charge in [0, 0.05) is 44.8 Å². The van der Waals surface area contributed by atoms with Crippen LogP contribution in [0.25, 0.3) is 10.8 Å². The van der Waals surface area contributed by atoms with Crippen LogP contribution in [0.1, 0.15) is 67.7 Å². The monoisotopic (exact) mass is 670 g/mol. The molecule has 1 saturated carbocycles. The van der Waals surface area contributed by atoms with Crippen molar-refractivity contribution < 1.29 is 31.1 Å². The van der Waals surface area contributed by atoms with E-state index >= 15 is 0 Å². The van der Waals surface area contributed by atoms with E-state index in [1.165, 1.54) is 23.2 Å². The molecule has 0 aromatic heterocycles. The number of amides is 1. The number of nitrogens with zero attached hydrogens (tertiary/aromatic N) is 3. The lowest BCUT2D eigenvalue weighted by atomic mass is 10.0. The zero-order chi connectivity index (χ0) is 32.9. The molecule has 2 N–H and O–H groups in total. The first kappa shape index (κ1) is 32.4. The number of alkyl halides is 3. The number of sulfonamides is 1. The van der Waals surface area contributed by atoms with Gasteiger partial charge in [0.15, 0.2) is 0 Å². The van der Waals surface area contributed by atoms with Gasteiger partial charge in [-0.15, -0.1) is 0 Å². The summed E-state index contributed by atoms with van der Waals surface area (Å²) in [5, 5.41) is 1.63. The molecular formula is C35H41F3N4O4S. The number of benzene rings is 3. The van der Waals surface area contributed by atoms with Crippen LogP contribution in [0.4, 0.5) is 13.2 Å². The number of piperidine rings is 1. The van der Waals surface area contributed by atoms with E-state index in [0.717, 1.165) is 41.0 Å². The van der Waals surface area contributed by atoms with Crippen molar-refractivity contribution in [2.45, 2.75) is 86.7 Å². The first-order valence-electron chi connectivity index (χ1n) is 16.7. The maximum absolute atomic E-state index is 14.3. The fourth-order valence-corrected chi connectivity index (χ4v) is 9.41. The van der Waals surface area contributed by atoms with Gasteiger partial charge in [0.25, 0.3) is 0 Å². The summed E-state index contributed by atoms with van der Waals surface area (Å²) < 4.78 is 76.3. The Hall–Kier alpha value is -3.19. The molecule has 2 saturated heterocycles. The van der Waals surface area contributed by atoms with Gasteiger partial charge in [-0.05, 0) is 110 Å². The van der Waals surface area contributed by atoms with E-state index in [9.17, 15) is 26.4 Å². The number of nitrogens with two attached hydrogens (primary N) is 1. The molecule has 7 rings (SSSR count). The van der Waals surface area contributed by atoms with Gasteiger partial charge in [0.1, 0.15) is 11.8 Å². The Morgan fingerprint density at radius 3 is 2.32 bits per heavy atom. The Labute approximate surface area is 273 Å². The van der Waals surface area contributed by atoms with E-state index in [-0.39, 0.29) is 42.1 Å². The largest absolute Gasteiger partial charge is 0.490 e. The molecule has 0 radical (unpaired) electrons. The Bertz CT molecular complexity index is 1750. The molecule has 0 spiro atoms. The van der Waals surface area contributed by atoms with Gasteiger partial charge in [0.2, 0.25) is 15.9 Å². The number of likely N-dealkylation sites (tertiary alicyclic amines) is 1. The van der Waals surface area contributed by atoms with Crippen molar-refractivity contribution in [3.8, 4) is 5.75 Å². The predicted octanol–water partition coefficient (Wildman–Crippen LogP) is 5.49. The minimum Gasteiger partial charge on any atom is -0.490 e. The van der Waals surface area contributed by atoms with E-state index < -0.39 is 27.8 Å². The van der Waals surface area contributed by atoms with Gasteiger partial charge >= 0.3 is 6.18 Å². The average Bonchev–Trinajstić information content (AvgIpc) is 3.73. The van der Waals surface area contributed by atoms with Crippen molar-refractivity contribution in [2.75, 3.05) is 32.7 Å². The SMILES string of the molecule is NC1CCN(C(=O)[C@@H]2CN([C@@H]3CCc4cc(C(F)(F)F)ccc43)CCN2S(=O)(=O)c2ccc3cc(OC4CCCC4)ccc3c2)CC1. The zero-order valence-electron chi connectivity index (χ0n) is 26.3. The topological polar surface area (TPSA) is 96.2 Å². The normalized spacial score (nSPS) is 23.8. The molecule has 1 amide bonds. The van der Waals surface area contributed by atoms with Crippen LogP contribution in [0.3, 0.4) is 0 Å². The minimum atomic E-state index is -4.42. The summed E-state index contributed by atoms with van der Waals surface area (Å²) in [5.74, 6) is 0.511. The molecule has 8 nitrogen and oxygen atoms in total. The molecule has 4 aliphatic rings. The van der Waals surface area contributed by atoms with Crippen LogP contribution in [-0.2, 0) is 27.4 Å². The van der Waals surface area contributed by atoms with Gasteiger partial charge in [0.05, 0.1) is 16.6 Å². The van der Waals surface area contributed by atoms with Crippen LogP contribution >= 0.6 is 0 Å². The second-order valence-corrected chi connectivity index (χ2v) is 15.3. The highest BCUT2D eigenvalue weighted by Gasteiger charge is 2.45. The standard InChI is InChI=1S/C35H41F3N4O4S/c36-35(37,38)26-8-11-31-25(19-26)7-12-32(31)41-17-18-42(33(22-41)34(43)40-15-13-27(39)14-16-40)47(44,45)30-10-6-23-20-29(9-5-24(23)21-30)46-28-3-1-2-4-28/h5-6,8-11,19-21,27-28,32-33H,1-4,7,12-18,22,39H2/t32-,33+/m1/s1. The predicted molar refractivity (Wildman–Crippen MR) is 172 cm³/mol. The number of piperazine rings is 1. The number of hydrogen-bond acceptors (Lipinski definition) is 6. The second-order valence-electron chi connectivity index (χ2n) is 13.5. The van der Waals surface area contributed by atoms with E-state index in [1.807, 2.05) is 18.2 Å². The lowest BCUT2D eigenvalue weighted by Gasteiger charge is -2.44. The minimum absolute atomic E-state index is 0.000000409. The van der Waals surface area contributed by atoms with Crippen molar-refractivity contribution in [3.63, 3.8) is 0 Å².